The monoisotopic (exact) mass is 372 g/mol. The predicted octanol–water partition coefficient (Wildman–Crippen LogP) is 1.72. The van der Waals surface area contributed by atoms with Crippen molar-refractivity contribution in [2.45, 2.75) is 62.5 Å². The van der Waals surface area contributed by atoms with Crippen molar-refractivity contribution in [2.24, 2.45) is 11.7 Å². The van der Waals surface area contributed by atoms with Crippen molar-refractivity contribution >= 4 is 11.7 Å². The minimum absolute atomic E-state index is 0.0513. The summed E-state index contributed by atoms with van der Waals surface area (Å²) in [6.07, 6.45) is 5.26. The van der Waals surface area contributed by atoms with E-state index in [0.29, 0.717) is 30.7 Å². The highest BCUT2D eigenvalue weighted by molar-refractivity contribution is 5.96. The van der Waals surface area contributed by atoms with Gasteiger partial charge in [0.25, 0.3) is 5.91 Å². The lowest BCUT2D eigenvalue weighted by molar-refractivity contribution is -0.135. The third-order valence-corrected chi connectivity index (χ3v) is 7.05. The van der Waals surface area contributed by atoms with E-state index in [2.05, 4.69) is 11.9 Å². The van der Waals surface area contributed by atoms with E-state index in [1.54, 1.807) is 6.07 Å². The number of ketones is 1. The summed E-state index contributed by atoms with van der Waals surface area (Å²) < 4.78 is 0. The Hall–Kier alpha value is -1.92. The van der Waals surface area contributed by atoms with Gasteiger partial charge in [0.05, 0.1) is 11.2 Å². The Balaban J connectivity index is 1.76. The number of likely N-dealkylation sites (N-methyl/N-ethyl adjacent to an activating group) is 1. The van der Waals surface area contributed by atoms with E-state index in [9.17, 15) is 19.8 Å². The first kappa shape index (κ1) is 18.4. The van der Waals surface area contributed by atoms with Gasteiger partial charge in [0, 0.05) is 36.9 Å². The van der Waals surface area contributed by atoms with E-state index >= 15 is 0 Å². The van der Waals surface area contributed by atoms with Crippen LogP contribution < -0.4 is 5.73 Å². The van der Waals surface area contributed by atoms with Crippen molar-refractivity contribution in [2.75, 3.05) is 13.6 Å². The average Bonchev–Trinajstić information content (AvgIpc) is 2.58. The third-order valence-electron chi connectivity index (χ3n) is 7.05. The third kappa shape index (κ3) is 2.95. The summed E-state index contributed by atoms with van der Waals surface area (Å²) in [5.41, 5.74) is 5.79. The van der Waals surface area contributed by atoms with Crippen LogP contribution in [0.25, 0.3) is 0 Å². The Morgan fingerprint density at radius 2 is 2.07 bits per heavy atom. The molecule has 4 rings (SSSR count). The molecule has 2 saturated carbocycles. The van der Waals surface area contributed by atoms with Crippen LogP contribution in [-0.2, 0) is 11.2 Å². The molecule has 4 N–H and O–H groups in total. The van der Waals surface area contributed by atoms with Crippen molar-refractivity contribution in [3.63, 3.8) is 0 Å². The van der Waals surface area contributed by atoms with E-state index in [4.69, 9.17) is 5.73 Å². The topological polar surface area (TPSA) is 104 Å². The van der Waals surface area contributed by atoms with Crippen LogP contribution in [0.15, 0.2) is 12.1 Å². The highest BCUT2D eigenvalue weighted by Gasteiger charge is 2.54. The Morgan fingerprint density at radius 3 is 2.70 bits per heavy atom. The summed E-state index contributed by atoms with van der Waals surface area (Å²) in [7, 11) is 2.05. The second kappa shape index (κ2) is 6.60. The molecule has 0 bridgehead atoms. The maximum absolute atomic E-state index is 12.2. The van der Waals surface area contributed by atoms with Crippen molar-refractivity contribution in [1.82, 2.24) is 4.90 Å². The van der Waals surface area contributed by atoms with Crippen LogP contribution in [0.1, 0.15) is 65.9 Å². The molecule has 1 aromatic carbocycles. The summed E-state index contributed by atoms with van der Waals surface area (Å²) in [4.78, 5) is 26.1. The van der Waals surface area contributed by atoms with Gasteiger partial charge in [-0.15, -0.1) is 0 Å². The molecule has 0 spiro atoms. The molecule has 6 heteroatoms. The van der Waals surface area contributed by atoms with Gasteiger partial charge in [-0.2, -0.15) is 0 Å². The quantitative estimate of drug-likeness (QED) is 0.746. The molecule has 3 aliphatic rings. The lowest BCUT2D eigenvalue weighted by Crippen LogP contribution is -2.61. The van der Waals surface area contributed by atoms with Crippen LogP contribution in [0.4, 0.5) is 0 Å². The van der Waals surface area contributed by atoms with E-state index in [1.807, 2.05) is 6.07 Å². The van der Waals surface area contributed by atoms with Gasteiger partial charge in [0.1, 0.15) is 11.5 Å². The number of fused-ring (bicyclic) bond motifs is 3. The number of amides is 1. The summed E-state index contributed by atoms with van der Waals surface area (Å²) >= 11 is 0. The van der Waals surface area contributed by atoms with Gasteiger partial charge in [-0.25, -0.2) is 0 Å². The number of benzene rings is 1. The van der Waals surface area contributed by atoms with Crippen LogP contribution in [0.2, 0.25) is 0 Å². The molecule has 1 amide bonds. The molecule has 3 aliphatic carbocycles. The maximum Gasteiger partial charge on any atom is 0.252 e. The fourth-order valence-corrected chi connectivity index (χ4v) is 5.32. The van der Waals surface area contributed by atoms with Crippen molar-refractivity contribution in [3.05, 3.63) is 28.8 Å². The standard InChI is InChI=1S/C21H28N2O4/c1-23(11-12-3-2-4-12)17-9-13-5-6-15(20(22)26)19(25)18(13)16-10-14(24)7-8-21(16,17)27/h5-6,12,16-17,25,27H,2-4,7-11H2,1H3,(H2,22,26)/t16?,17-,21+/m1/s1. The minimum atomic E-state index is -1.09. The number of hydrogen-bond donors (Lipinski definition) is 3. The lowest BCUT2D eigenvalue weighted by Gasteiger charge is -2.52. The predicted molar refractivity (Wildman–Crippen MR) is 101 cm³/mol. The summed E-state index contributed by atoms with van der Waals surface area (Å²) in [5, 5.41) is 22.4. The summed E-state index contributed by atoms with van der Waals surface area (Å²) in [6, 6.07) is 3.26. The van der Waals surface area contributed by atoms with E-state index in [-0.39, 0.29) is 29.6 Å². The van der Waals surface area contributed by atoms with Crippen molar-refractivity contribution < 1.29 is 19.8 Å². The van der Waals surface area contributed by atoms with Crippen LogP contribution in [0, 0.1) is 5.92 Å². The Morgan fingerprint density at radius 1 is 1.33 bits per heavy atom. The zero-order valence-corrected chi connectivity index (χ0v) is 15.8. The molecule has 146 valence electrons. The molecule has 6 nitrogen and oxygen atoms in total. The first-order valence-electron chi connectivity index (χ1n) is 9.90. The fraction of sp³-hybridized carbons (Fsp3) is 0.619. The number of aromatic hydroxyl groups is 1. The Bertz CT molecular complexity index is 789. The van der Waals surface area contributed by atoms with Gasteiger partial charge >= 0.3 is 0 Å². The molecular weight excluding hydrogens is 344 g/mol. The number of carbonyl (C=O) groups excluding carboxylic acids is 2. The molecule has 0 saturated heterocycles. The molecule has 2 fully saturated rings. The molecular formula is C21H28N2O4. The summed E-state index contributed by atoms with van der Waals surface area (Å²) in [5.74, 6) is -0.616. The number of primary amides is 1. The van der Waals surface area contributed by atoms with Gasteiger partial charge in [-0.3, -0.25) is 14.5 Å². The normalized spacial score (nSPS) is 30.6. The molecule has 27 heavy (non-hydrogen) atoms. The highest BCUT2D eigenvalue weighted by atomic mass is 16.3. The number of nitrogens with two attached hydrogens (primary N) is 1. The molecule has 1 unspecified atom stereocenters. The molecule has 3 atom stereocenters. The molecule has 1 aromatic rings. The SMILES string of the molecule is CN(CC1CCC1)[C@@H]1Cc2ccc(C(N)=O)c(O)c2C2CC(=O)CC[C@]21O. The van der Waals surface area contributed by atoms with Crippen LogP contribution in [0.3, 0.4) is 0 Å². The zero-order valence-electron chi connectivity index (χ0n) is 15.8. The average molecular weight is 372 g/mol. The minimum Gasteiger partial charge on any atom is -0.507 e. The van der Waals surface area contributed by atoms with Crippen LogP contribution >= 0.6 is 0 Å². The first-order valence-corrected chi connectivity index (χ1v) is 9.90. The second-order valence-electron chi connectivity index (χ2n) is 8.64. The number of Topliss-reactive ketones (excluding diaryl/α,β-unsaturated/α-hetero) is 1. The number of carbonyl (C=O) groups is 2. The number of rotatable bonds is 4. The first-order chi connectivity index (χ1) is 12.8. The van der Waals surface area contributed by atoms with Crippen LogP contribution in [0.5, 0.6) is 5.75 Å². The summed E-state index contributed by atoms with van der Waals surface area (Å²) in [6.45, 7) is 0.939. The smallest absolute Gasteiger partial charge is 0.252 e. The van der Waals surface area contributed by atoms with Gasteiger partial charge in [0.15, 0.2) is 0 Å². The highest BCUT2D eigenvalue weighted by Crippen LogP contribution is 2.52. The molecule has 0 radical (unpaired) electrons. The molecule has 0 aliphatic heterocycles. The fourth-order valence-electron chi connectivity index (χ4n) is 5.32. The van der Waals surface area contributed by atoms with E-state index in [1.165, 1.54) is 19.3 Å². The van der Waals surface area contributed by atoms with Gasteiger partial charge in [0.2, 0.25) is 0 Å². The van der Waals surface area contributed by atoms with Gasteiger partial charge < -0.3 is 15.9 Å². The van der Waals surface area contributed by atoms with Crippen LogP contribution in [-0.4, -0.2) is 52.0 Å². The largest absolute Gasteiger partial charge is 0.507 e. The van der Waals surface area contributed by atoms with E-state index in [0.717, 1.165) is 12.1 Å². The number of nitrogens with zero attached hydrogens (tertiary/aromatic N) is 1. The van der Waals surface area contributed by atoms with Gasteiger partial charge in [-0.05, 0) is 50.3 Å². The maximum atomic E-state index is 12.2. The number of hydrogen-bond acceptors (Lipinski definition) is 5. The van der Waals surface area contributed by atoms with E-state index < -0.39 is 17.4 Å². The van der Waals surface area contributed by atoms with Gasteiger partial charge in [-0.1, -0.05) is 12.5 Å². The Kier molecular flexibility index (Phi) is 4.51. The van der Waals surface area contributed by atoms with Crippen molar-refractivity contribution in [3.8, 4) is 5.75 Å². The molecule has 0 heterocycles. The number of aliphatic hydroxyl groups is 1. The number of phenols is 1. The second-order valence-corrected chi connectivity index (χ2v) is 8.64. The zero-order chi connectivity index (χ0) is 19.3. The lowest BCUT2D eigenvalue weighted by atomic mass is 9.61. The Labute approximate surface area is 159 Å². The molecule has 0 aromatic heterocycles. The van der Waals surface area contributed by atoms with Crippen molar-refractivity contribution in [1.29, 1.82) is 0 Å².